The fourth-order valence-electron chi connectivity index (χ4n) is 1.34. The zero-order valence-electron chi connectivity index (χ0n) is 8.25. The molecule has 1 N–H and O–H groups in total. The van der Waals surface area contributed by atoms with Crippen LogP contribution in [0.5, 0.6) is 0 Å². The number of hydrogen-bond acceptors (Lipinski definition) is 2. The lowest BCUT2D eigenvalue weighted by molar-refractivity contribution is 0.224. The third-order valence-corrected chi connectivity index (χ3v) is 5.93. The fraction of sp³-hybridized carbons (Fsp3) is 0.0909. The molecular weight excluding hydrogens is 411 g/mol. The first-order valence-electron chi connectivity index (χ1n) is 4.57. The van der Waals surface area contributed by atoms with Gasteiger partial charge in [0.2, 0.25) is 0 Å². The van der Waals surface area contributed by atoms with E-state index < -0.39 is 6.10 Å². The highest BCUT2D eigenvalue weighted by atomic mass is 79.9. The van der Waals surface area contributed by atoms with E-state index in [9.17, 15) is 5.11 Å². The third kappa shape index (κ3) is 3.06. The van der Waals surface area contributed by atoms with Gasteiger partial charge in [0.05, 0.1) is 13.8 Å². The van der Waals surface area contributed by atoms with Gasteiger partial charge in [-0.3, -0.25) is 0 Å². The molecule has 6 heteroatoms. The van der Waals surface area contributed by atoms with Crippen molar-refractivity contribution in [3.8, 4) is 0 Å². The summed E-state index contributed by atoms with van der Waals surface area (Å²) in [5, 5.41) is 11.4. The molecule has 2 aromatic rings. The highest BCUT2D eigenvalue weighted by molar-refractivity contribution is 9.11. The second kappa shape index (κ2) is 5.59. The van der Waals surface area contributed by atoms with Crippen molar-refractivity contribution < 1.29 is 5.11 Å². The maximum Gasteiger partial charge on any atom is 0.113 e. The van der Waals surface area contributed by atoms with Gasteiger partial charge >= 0.3 is 0 Å². The number of aliphatic hydroxyl groups is 1. The van der Waals surface area contributed by atoms with Gasteiger partial charge in [0, 0.05) is 9.35 Å². The quantitative estimate of drug-likeness (QED) is 0.669. The monoisotopic (exact) mass is 414 g/mol. The third-order valence-electron chi connectivity index (χ3n) is 2.19. The van der Waals surface area contributed by atoms with Gasteiger partial charge in [-0.15, -0.1) is 11.3 Å². The van der Waals surface area contributed by atoms with Gasteiger partial charge in [-0.1, -0.05) is 29.3 Å². The zero-order chi connectivity index (χ0) is 12.6. The van der Waals surface area contributed by atoms with Crippen LogP contribution in [0.3, 0.4) is 0 Å². The van der Waals surface area contributed by atoms with Crippen molar-refractivity contribution in [2.75, 3.05) is 0 Å². The number of benzene rings is 1. The number of halogens is 4. The summed E-state index contributed by atoms with van der Waals surface area (Å²) in [7, 11) is 0. The molecule has 0 bridgehead atoms. The van der Waals surface area contributed by atoms with E-state index in [4.69, 9.17) is 23.2 Å². The van der Waals surface area contributed by atoms with E-state index >= 15 is 0 Å². The van der Waals surface area contributed by atoms with Gasteiger partial charge in [-0.25, -0.2) is 0 Å². The predicted molar refractivity (Wildman–Crippen MR) is 80.2 cm³/mol. The standard InChI is InChI=1S/C11H6Br2Cl2OS/c12-6-3-5(1-2-7(6)14)10(16)9-4-8(15)11(13)17-9/h1-4,10,16H. The number of hydrogen-bond donors (Lipinski definition) is 1. The van der Waals surface area contributed by atoms with E-state index in [1.54, 1.807) is 24.3 Å². The van der Waals surface area contributed by atoms with Crippen LogP contribution in [0.15, 0.2) is 32.5 Å². The van der Waals surface area contributed by atoms with E-state index in [-0.39, 0.29) is 0 Å². The van der Waals surface area contributed by atoms with Crippen molar-refractivity contribution in [2.45, 2.75) is 6.10 Å². The van der Waals surface area contributed by atoms with Crippen LogP contribution >= 0.6 is 66.4 Å². The zero-order valence-corrected chi connectivity index (χ0v) is 13.8. The predicted octanol–water partition coefficient (Wildman–Crippen LogP) is 5.66. The normalized spacial score (nSPS) is 12.8. The summed E-state index contributed by atoms with van der Waals surface area (Å²) in [5.41, 5.74) is 0.770. The molecule has 0 spiro atoms. The SMILES string of the molecule is OC(c1ccc(Cl)c(Br)c1)c1cc(Cl)c(Br)s1. The summed E-state index contributed by atoms with van der Waals surface area (Å²) >= 11 is 19.9. The molecular formula is C11H6Br2Cl2OS. The molecule has 0 radical (unpaired) electrons. The minimum atomic E-state index is -0.697. The molecule has 1 aromatic carbocycles. The van der Waals surface area contributed by atoms with Crippen LogP contribution in [0.25, 0.3) is 0 Å². The Morgan fingerprint density at radius 3 is 2.35 bits per heavy atom. The Labute approximate surface area is 130 Å². The molecule has 0 aliphatic carbocycles. The smallest absolute Gasteiger partial charge is 0.113 e. The Morgan fingerprint density at radius 2 is 1.82 bits per heavy atom. The van der Waals surface area contributed by atoms with E-state index in [0.717, 1.165) is 18.7 Å². The first-order valence-corrected chi connectivity index (χ1v) is 7.72. The molecule has 0 fully saturated rings. The van der Waals surface area contributed by atoms with Crippen LogP contribution in [0.2, 0.25) is 10.0 Å². The highest BCUT2D eigenvalue weighted by Gasteiger charge is 2.16. The summed E-state index contributed by atoms with van der Waals surface area (Å²) in [6, 6.07) is 7.09. The summed E-state index contributed by atoms with van der Waals surface area (Å²) < 4.78 is 1.58. The molecule has 17 heavy (non-hydrogen) atoms. The molecule has 2 rings (SSSR count). The summed E-state index contributed by atoms with van der Waals surface area (Å²) in [6.45, 7) is 0. The van der Waals surface area contributed by atoms with Crippen molar-refractivity contribution >= 4 is 66.4 Å². The second-order valence-electron chi connectivity index (χ2n) is 3.35. The largest absolute Gasteiger partial charge is 0.383 e. The summed E-state index contributed by atoms with van der Waals surface area (Å²) in [6.07, 6.45) is -0.697. The van der Waals surface area contributed by atoms with Crippen LogP contribution in [0.1, 0.15) is 16.5 Å². The maximum absolute atomic E-state index is 10.2. The average molecular weight is 417 g/mol. The van der Waals surface area contributed by atoms with Crippen LogP contribution in [0.4, 0.5) is 0 Å². The Hall–Kier alpha value is 0.420. The van der Waals surface area contributed by atoms with E-state index in [1.165, 1.54) is 11.3 Å². The first-order chi connectivity index (χ1) is 7.99. The highest BCUT2D eigenvalue weighted by Crippen LogP contribution is 2.38. The van der Waals surface area contributed by atoms with Gasteiger partial charge in [-0.05, 0) is 55.6 Å². The van der Waals surface area contributed by atoms with Gasteiger partial charge in [0.15, 0.2) is 0 Å². The summed E-state index contributed by atoms with van der Waals surface area (Å²) in [4.78, 5) is 0.788. The number of aliphatic hydroxyl groups excluding tert-OH is 1. The van der Waals surface area contributed by atoms with Gasteiger partial charge in [0.1, 0.15) is 6.10 Å². The molecule has 0 aliphatic heterocycles. The molecule has 0 saturated carbocycles. The van der Waals surface area contributed by atoms with Crippen LogP contribution in [-0.2, 0) is 0 Å². The maximum atomic E-state index is 10.2. The van der Waals surface area contributed by atoms with E-state index in [0.29, 0.717) is 10.0 Å². The lowest BCUT2D eigenvalue weighted by atomic mass is 10.1. The molecule has 0 saturated heterocycles. The Kier molecular flexibility index (Phi) is 4.55. The Bertz CT molecular complexity index is 537. The molecule has 0 aliphatic rings. The van der Waals surface area contributed by atoms with Crippen molar-refractivity contribution in [1.29, 1.82) is 0 Å². The molecule has 1 aromatic heterocycles. The van der Waals surface area contributed by atoms with Crippen molar-refractivity contribution in [3.63, 3.8) is 0 Å². The molecule has 1 atom stereocenters. The van der Waals surface area contributed by atoms with Gasteiger partial charge < -0.3 is 5.11 Å². The minimum Gasteiger partial charge on any atom is -0.383 e. The van der Waals surface area contributed by atoms with Crippen LogP contribution in [0, 0.1) is 0 Å². The topological polar surface area (TPSA) is 20.2 Å². The average Bonchev–Trinajstić information content (AvgIpc) is 2.62. The lowest BCUT2D eigenvalue weighted by Gasteiger charge is -2.09. The minimum absolute atomic E-state index is 0.608. The Balaban J connectivity index is 2.36. The number of thiophene rings is 1. The van der Waals surface area contributed by atoms with Gasteiger partial charge in [0.25, 0.3) is 0 Å². The Morgan fingerprint density at radius 1 is 1.12 bits per heavy atom. The molecule has 1 unspecified atom stereocenters. The fourth-order valence-corrected chi connectivity index (χ4v) is 3.62. The summed E-state index contributed by atoms with van der Waals surface area (Å²) in [5.74, 6) is 0. The van der Waals surface area contributed by atoms with Crippen LogP contribution in [-0.4, -0.2) is 5.11 Å². The van der Waals surface area contributed by atoms with Crippen LogP contribution < -0.4 is 0 Å². The van der Waals surface area contributed by atoms with Crippen molar-refractivity contribution in [3.05, 3.63) is 53.0 Å². The molecule has 1 heterocycles. The number of rotatable bonds is 2. The molecule has 1 nitrogen and oxygen atoms in total. The molecule has 90 valence electrons. The first kappa shape index (κ1) is 13.8. The van der Waals surface area contributed by atoms with E-state index in [2.05, 4.69) is 31.9 Å². The molecule has 0 amide bonds. The van der Waals surface area contributed by atoms with Crippen molar-refractivity contribution in [2.24, 2.45) is 0 Å². The second-order valence-corrected chi connectivity index (χ2v) is 7.42. The van der Waals surface area contributed by atoms with Crippen molar-refractivity contribution in [1.82, 2.24) is 0 Å². The van der Waals surface area contributed by atoms with Gasteiger partial charge in [-0.2, -0.15) is 0 Å². The van der Waals surface area contributed by atoms with E-state index in [1.807, 2.05) is 0 Å². The lowest BCUT2D eigenvalue weighted by Crippen LogP contribution is -1.96.